The van der Waals surface area contributed by atoms with Crippen LogP contribution in [0.5, 0.6) is 0 Å². The third kappa shape index (κ3) is 2.10. The molecule has 1 aliphatic rings. The summed E-state index contributed by atoms with van der Waals surface area (Å²) in [7, 11) is 1.32. The Bertz CT molecular complexity index is 344. The van der Waals surface area contributed by atoms with Crippen molar-refractivity contribution in [2.24, 2.45) is 0 Å². The van der Waals surface area contributed by atoms with Crippen LogP contribution in [-0.2, 0) is 4.74 Å². The first-order chi connectivity index (χ1) is 7.31. The predicted octanol–water partition coefficient (Wildman–Crippen LogP) is -0.129. The zero-order valence-electron chi connectivity index (χ0n) is 8.52. The van der Waals surface area contributed by atoms with Gasteiger partial charge in [0.1, 0.15) is 6.26 Å². The van der Waals surface area contributed by atoms with E-state index in [1.807, 2.05) is 4.90 Å². The SMILES string of the molecule is COC(=O)c1coc(N2CCNCC2)n1. The first kappa shape index (κ1) is 9.97. The van der Waals surface area contributed by atoms with E-state index in [4.69, 9.17) is 4.42 Å². The summed E-state index contributed by atoms with van der Waals surface area (Å²) in [5.41, 5.74) is 0.214. The normalized spacial score (nSPS) is 16.5. The molecule has 1 fully saturated rings. The summed E-state index contributed by atoms with van der Waals surface area (Å²) in [5.74, 6) is -0.472. The molecule has 1 aliphatic heterocycles. The second-order valence-electron chi connectivity index (χ2n) is 3.24. The Morgan fingerprint density at radius 1 is 1.60 bits per heavy atom. The number of esters is 1. The Balaban J connectivity index is 2.08. The van der Waals surface area contributed by atoms with Crippen molar-refractivity contribution in [1.29, 1.82) is 0 Å². The maximum atomic E-state index is 11.1. The van der Waals surface area contributed by atoms with Crippen LogP contribution in [0.15, 0.2) is 10.7 Å². The first-order valence-corrected chi connectivity index (χ1v) is 4.81. The summed E-state index contributed by atoms with van der Waals surface area (Å²) in [6.45, 7) is 3.47. The van der Waals surface area contributed by atoms with Gasteiger partial charge in [0, 0.05) is 26.2 Å². The summed E-state index contributed by atoms with van der Waals surface area (Å²) in [5, 5.41) is 3.22. The lowest BCUT2D eigenvalue weighted by atomic mass is 10.4. The van der Waals surface area contributed by atoms with Gasteiger partial charge in [0.15, 0.2) is 5.69 Å². The highest BCUT2D eigenvalue weighted by molar-refractivity contribution is 5.87. The third-order valence-corrected chi connectivity index (χ3v) is 2.27. The van der Waals surface area contributed by atoms with Gasteiger partial charge in [-0.1, -0.05) is 0 Å². The van der Waals surface area contributed by atoms with E-state index in [2.05, 4.69) is 15.0 Å². The monoisotopic (exact) mass is 211 g/mol. The van der Waals surface area contributed by atoms with Crippen molar-refractivity contribution in [1.82, 2.24) is 10.3 Å². The van der Waals surface area contributed by atoms with Gasteiger partial charge in [-0.25, -0.2) is 4.79 Å². The predicted molar refractivity (Wildman–Crippen MR) is 52.9 cm³/mol. The molecule has 1 aromatic heterocycles. The average Bonchev–Trinajstić information content (AvgIpc) is 2.78. The Kier molecular flexibility index (Phi) is 2.86. The molecular weight excluding hydrogens is 198 g/mol. The van der Waals surface area contributed by atoms with Gasteiger partial charge in [-0.05, 0) is 0 Å². The molecule has 0 aliphatic carbocycles. The molecule has 0 radical (unpaired) electrons. The van der Waals surface area contributed by atoms with Crippen LogP contribution in [0.25, 0.3) is 0 Å². The number of carbonyl (C=O) groups is 1. The Labute approximate surface area is 87.2 Å². The Morgan fingerprint density at radius 3 is 3.00 bits per heavy atom. The van der Waals surface area contributed by atoms with E-state index >= 15 is 0 Å². The van der Waals surface area contributed by atoms with E-state index in [9.17, 15) is 4.79 Å². The number of nitrogens with zero attached hydrogens (tertiary/aromatic N) is 2. The molecule has 2 rings (SSSR count). The molecule has 15 heavy (non-hydrogen) atoms. The lowest BCUT2D eigenvalue weighted by Gasteiger charge is -2.25. The van der Waals surface area contributed by atoms with E-state index in [0.717, 1.165) is 26.2 Å². The fraction of sp³-hybridized carbons (Fsp3) is 0.556. The molecule has 0 atom stereocenters. The van der Waals surface area contributed by atoms with Crippen LogP contribution in [0.3, 0.4) is 0 Å². The van der Waals surface area contributed by atoms with Crippen molar-refractivity contribution < 1.29 is 13.9 Å². The molecule has 0 saturated carbocycles. The molecule has 1 saturated heterocycles. The number of hydrogen-bond donors (Lipinski definition) is 1. The quantitative estimate of drug-likeness (QED) is 0.687. The molecule has 0 unspecified atom stereocenters. The number of piperazine rings is 1. The molecule has 82 valence electrons. The van der Waals surface area contributed by atoms with Crippen LogP contribution >= 0.6 is 0 Å². The van der Waals surface area contributed by atoms with Gasteiger partial charge >= 0.3 is 5.97 Å². The van der Waals surface area contributed by atoms with Gasteiger partial charge in [-0.15, -0.1) is 0 Å². The van der Waals surface area contributed by atoms with Crippen LogP contribution in [0, 0.1) is 0 Å². The van der Waals surface area contributed by atoms with Crippen molar-refractivity contribution in [2.45, 2.75) is 0 Å². The molecule has 0 aromatic carbocycles. The number of nitrogens with one attached hydrogen (secondary N) is 1. The van der Waals surface area contributed by atoms with Crippen molar-refractivity contribution in [3.63, 3.8) is 0 Å². The molecule has 1 N–H and O–H groups in total. The van der Waals surface area contributed by atoms with E-state index in [1.165, 1.54) is 13.4 Å². The summed E-state index contributed by atoms with van der Waals surface area (Å²) in [6.07, 6.45) is 1.32. The second-order valence-corrected chi connectivity index (χ2v) is 3.24. The van der Waals surface area contributed by atoms with Gasteiger partial charge < -0.3 is 19.4 Å². The summed E-state index contributed by atoms with van der Waals surface area (Å²) in [4.78, 5) is 17.2. The second kappa shape index (κ2) is 4.31. The van der Waals surface area contributed by atoms with Crippen molar-refractivity contribution in [2.75, 3.05) is 38.2 Å². The number of aromatic nitrogens is 1. The number of rotatable bonds is 2. The van der Waals surface area contributed by atoms with Crippen LogP contribution in [0.4, 0.5) is 6.01 Å². The van der Waals surface area contributed by atoms with Crippen molar-refractivity contribution in [3.05, 3.63) is 12.0 Å². The minimum atomic E-state index is -0.472. The lowest BCUT2D eigenvalue weighted by molar-refractivity contribution is 0.0594. The van der Waals surface area contributed by atoms with Gasteiger partial charge in [0.05, 0.1) is 7.11 Å². The van der Waals surface area contributed by atoms with Crippen LogP contribution in [0.2, 0.25) is 0 Å². The topological polar surface area (TPSA) is 67.6 Å². The van der Waals surface area contributed by atoms with Gasteiger partial charge in [0.25, 0.3) is 6.01 Å². The zero-order valence-corrected chi connectivity index (χ0v) is 8.52. The van der Waals surface area contributed by atoms with Crippen molar-refractivity contribution >= 4 is 12.0 Å². The highest BCUT2D eigenvalue weighted by Crippen LogP contribution is 2.14. The van der Waals surface area contributed by atoms with Gasteiger partial charge in [-0.2, -0.15) is 4.98 Å². The molecule has 0 bridgehead atoms. The largest absolute Gasteiger partial charge is 0.464 e. The highest BCUT2D eigenvalue weighted by Gasteiger charge is 2.18. The number of anilines is 1. The van der Waals surface area contributed by atoms with Crippen LogP contribution in [0.1, 0.15) is 10.5 Å². The fourth-order valence-corrected chi connectivity index (χ4v) is 1.46. The maximum absolute atomic E-state index is 11.1. The van der Waals surface area contributed by atoms with Crippen LogP contribution in [-0.4, -0.2) is 44.2 Å². The number of ether oxygens (including phenoxy) is 1. The number of oxazole rings is 1. The maximum Gasteiger partial charge on any atom is 0.360 e. The molecule has 6 heteroatoms. The Hall–Kier alpha value is -1.56. The first-order valence-electron chi connectivity index (χ1n) is 4.81. The van der Waals surface area contributed by atoms with E-state index in [-0.39, 0.29) is 5.69 Å². The minimum Gasteiger partial charge on any atom is -0.464 e. The number of carbonyl (C=O) groups excluding carboxylic acids is 1. The zero-order chi connectivity index (χ0) is 10.7. The molecule has 2 heterocycles. The van der Waals surface area contributed by atoms with E-state index in [1.54, 1.807) is 0 Å². The van der Waals surface area contributed by atoms with Gasteiger partial charge in [0.2, 0.25) is 0 Å². The summed E-state index contributed by atoms with van der Waals surface area (Å²) >= 11 is 0. The number of hydrogen-bond acceptors (Lipinski definition) is 6. The fourth-order valence-electron chi connectivity index (χ4n) is 1.46. The van der Waals surface area contributed by atoms with Gasteiger partial charge in [-0.3, -0.25) is 0 Å². The minimum absolute atomic E-state index is 0.214. The van der Waals surface area contributed by atoms with E-state index in [0.29, 0.717) is 6.01 Å². The van der Waals surface area contributed by atoms with E-state index < -0.39 is 5.97 Å². The molecular formula is C9H13N3O3. The molecule has 6 nitrogen and oxygen atoms in total. The number of methoxy groups -OCH3 is 1. The molecule has 0 spiro atoms. The highest BCUT2D eigenvalue weighted by atomic mass is 16.5. The average molecular weight is 211 g/mol. The molecule has 0 amide bonds. The summed E-state index contributed by atoms with van der Waals surface area (Å²) in [6, 6.07) is 0.483. The third-order valence-electron chi connectivity index (χ3n) is 2.27. The lowest BCUT2D eigenvalue weighted by Crippen LogP contribution is -2.43. The molecule has 1 aromatic rings. The Morgan fingerprint density at radius 2 is 2.33 bits per heavy atom. The summed E-state index contributed by atoms with van der Waals surface area (Å²) < 4.78 is 9.76. The van der Waals surface area contributed by atoms with Crippen molar-refractivity contribution in [3.8, 4) is 0 Å². The smallest absolute Gasteiger partial charge is 0.360 e. The standard InChI is InChI=1S/C9H13N3O3/c1-14-8(13)7-6-15-9(11-7)12-4-2-10-3-5-12/h6,10H,2-5H2,1H3. The van der Waals surface area contributed by atoms with Crippen LogP contribution < -0.4 is 10.2 Å².